The maximum absolute atomic E-state index is 13.5. The van der Waals surface area contributed by atoms with E-state index >= 15 is 0 Å². The normalized spacial score (nSPS) is 10.3. The molecular formula is C14H10BrClFNOS. The zero-order valence-electron chi connectivity index (χ0n) is 10.2. The quantitative estimate of drug-likeness (QED) is 0.765. The Hall–Kier alpha value is -1.04. The second kappa shape index (κ2) is 7.11. The molecule has 0 aliphatic carbocycles. The summed E-state index contributed by atoms with van der Waals surface area (Å²) in [7, 11) is 0. The van der Waals surface area contributed by atoms with Crippen LogP contribution in [0.2, 0.25) is 5.02 Å². The number of anilines is 1. The Morgan fingerprint density at radius 1 is 1.25 bits per heavy atom. The van der Waals surface area contributed by atoms with Gasteiger partial charge in [0, 0.05) is 14.4 Å². The number of benzene rings is 2. The summed E-state index contributed by atoms with van der Waals surface area (Å²) in [4.78, 5) is 12.7. The van der Waals surface area contributed by atoms with E-state index in [2.05, 4.69) is 21.2 Å². The first kappa shape index (κ1) is 15.4. The van der Waals surface area contributed by atoms with Crippen molar-refractivity contribution in [1.82, 2.24) is 0 Å². The van der Waals surface area contributed by atoms with Gasteiger partial charge in [0.2, 0.25) is 5.91 Å². The standard InChI is InChI=1S/C14H10BrClFNOS/c15-9-1-4-11(5-2-9)20-8-14(19)18-13-7-10(16)3-6-12(13)17/h1-7H,8H2,(H,18,19). The Kier molecular flexibility index (Phi) is 5.46. The molecule has 0 saturated heterocycles. The van der Waals surface area contributed by atoms with Crippen molar-refractivity contribution < 1.29 is 9.18 Å². The predicted octanol–water partition coefficient (Wildman–Crippen LogP) is 4.97. The smallest absolute Gasteiger partial charge is 0.234 e. The van der Waals surface area contributed by atoms with Crippen molar-refractivity contribution in [1.29, 1.82) is 0 Å². The van der Waals surface area contributed by atoms with E-state index in [1.54, 1.807) is 0 Å². The van der Waals surface area contributed by atoms with Gasteiger partial charge in [0.15, 0.2) is 0 Å². The van der Waals surface area contributed by atoms with Gasteiger partial charge in [-0.3, -0.25) is 4.79 Å². The fraction of sp³-hybridized carbons (Fsp3) is 0.0714. The van der Waals surface area contributed by atoms with Crippen LogP contribution < -0.4 is 5.32 Å². The Balaban J connectivity index is 1.92. The Bertz CT molecular complexity index is 621. The van der Waals surface area contributed by atoms with Crippen molar-refractivity contribution >= 4 is 50.9 Å². The number of hydrogen-bond acceptors (Lipinski definition) is 2. The summed E-state index contributed by atoms with van der Waals surface area (Å²) < 4.78 is 14.4. The Morgan fingerprint density at radius 2 is 1.95 bits per heavy atom. The van der Waals surface area contributed by atoms with Crippen molar-refractivity contribution in [3.05, 3.63) is 57.8 Å². The molecule has 0 atom stereocenters. The molecule has 2 aromatic rings. The molecule has 0 radical (unpaired) electrons. The highest BCUT2D eigenvalue weighted by Gasteiger charge is 2.08. The molecular weight excluding hydrogens is 365 g/mol. The maximum atomic E-state index is 13.5. The average Bonchev–Trinajstić information content (AvgIpc) is 2.42. The van der Waals surface area contributed by atoms with Gasteiger partial charge >= 0.3 is 0 Å². The summed E-state index contributed by atoms with van der Waals surface area (Å²) in [5, 5.41) is 2.88. The lowest BCUT2D eigenvalue weighted by Crippen LogP contribution is -2.15. The van der Waals surface area contributed by atoms with Crippen LogP contribution >= 0.6 is 39.3 Å². The molecule has 2 aromatic carbocycles. The molecule has 0 fully saturated rings. The fourth-order valence-electron chi connectivity index (χ4n) is 1.46. The van der Waals surface area contributed by atoms with E-state index in [0.29, 0.717) is 5.02 Å². The van der Waals surface area contributed by atoms with Gasteiger partial charge in [-0.15, -0.1) is 11.8 Å². The van der Waals surface area contributed by atoms with E-state index < -0.39 is 5.82 Å². The van der Waals surface area contributed by atoms with Gasteiger partial charge in [-0.05, 0) is 42.5 Å². The zero-order valence-corrected chi connectivity index (χ0v) is 13.4. The number of amides is 1. The van der Waals surface area contributed by atoms with Crippen molar-refractivity contribution in [2.75, 3.05) is 11.1 Å². The number of hydrogen-bond donors (Lipinski definition) is 1. The number of rotatable bonds is 4. The lowest BCUT2D eigenvalue weighted by Gasteiger charge is -2.07. The third kappa shape index (κ3) is 4.51. The van der Waals surface area contributed by atoms with Crippen LogP contribution in [0.4, 0.5) is 10.1 Å². The molecule has 0 aliphatic heterocycles. The molecule has 0 spiro atoms. The van der Waals surface area contributed by atoms with E-state index in [4.69, 9.17) is 11.6 Å². The molecule has 2 nitrogen and oxygen atoms in total. The molecule has 0 heterocycles. The Morgan fingerprint density at radius 3 is 2.65 bits per heavy atom. The van der Waals surface area contributed by atoms with E-state index in [1.807, 2.05) is 24.3 Å². The summed E-state index contributed by atoms with van der Waals surface area (Å²) in [6, 6.07) is 11.7. The van der Waals surface area contributed by atoms with Gasteiger partial charge in [-0.2, -0.15) is 0 Å². The number of halogens is 3. The summed E-state index contributed by atoms with van der Waals surface area (Å²) in [6.07, 6.45) is 0. The van der Waals surface area contributed by atoms with Crippen LogP contribution in [0.25, 0.3) is 0 Å². The monoisotopic (exact) mass is 373 g/mol. The minimum atomic E-state index is -0.503. The zero-order chi connectivity index (χ0) is 14.5. The van der Waals surface area contributed by atoms with Gasteiger partial charge in [0.05, 0.1) is 11.4 Å². The van der Waals surface area contributed by atoms with Crippen LogP contribution in [0.3, 0.4) is 0 Å². The van der Waals surface area contributed by atoms with Gasteiger partial charge in [0.1, 0.15) is 5.82 Å². The van der Waals surface area contributed by atoms with Gasteiger partial charge in [-0.1, -0.05) is 27.5 Å². The lowest BCUT2D eigenvalue weighted by molar-refractivity contribution is -0.113. The van der Waals surface area contributed by atoms with E-state index in [-0.39, 0.29) is 17.3 Å². The molecule has 0 saturated carbocycles. The van der Waals surface area contributed by atoms with E-state index in [1.165, 1.54) is 30.0 Å². The van der Waals surface area contributed by atoms with Crippen LogP contribution in [0, 0.1) is 5.82 Å². The largest absolute Gasteiger partial charge is 0.323 e. The van der Waals surface area contributed by atoms with E-state index in [9.17, 15) is 9.18 Å². The number of carbonyl (C=O) groups excluding carboxylic acids is 1. The van der Waals surface area contributed by atoms with Crippen molar-refractivity contribution in [2.45, 2.75) is 4.90 Å². The van der Waals surface area contributed by atoms with Crippen molar-refractivity contribution in [3.8, 4) is 0 Å². The highest BCUT2D eigenvalue weighted by atomic mass is 79.9. The van der Waals surface area contributed by atoms with Gasteiger partial charge in [-0.25, -0.2) is 4.39 Å². The molecule has 1 amide bonds. The first-order valence-electron chi connectivity index (χ1n) is 5.68. The second-order valence-electron chi connectivity index (χ2n) is 3.91. The van der Waals surface area contributed by atoms with E-state index in [0.717, 1.165) is 9.37 Å². The average molecular weight is 375 g/mol. The molecule has 0 aliphatic rings. The third-order valence-corrected chi connectivity index (χ3v) is 4.16. The van der Waals surface area contributed by atoms with Gasteiger partial charge < -0.3 is 5.32 Å². The predicted molar refractivity (Wildman–Crippen MR) is 84.9 cm³/mol. The maximum Gasteiger partial charge on any atom is 0.234 e. The lowest BCUT2D eigenvalue weighted by atomic mass is 10.3. The molecule has 0 unspecified atom stereocenters. The number of carbonyl (C=O) groups is 1. The SMILES string of the molecule is O=C(CSc1ccc(Br)cc1)Nc1cc(Cl)ccc1F. The summed E-state index contributed by atoms with van der Waals surface area (Å²) in [5.41, 5.74) is 0.0962. The molecule has 0 bridgehead atoms. The fourth-order valence-corrected chi connectivity index (χ4v) is 2.59. The number of thioether (sulfide) groups is 1. The van der Waals surface area contributed by atoms with Crippen LogP contribution in [-0.4, -0.2) is 11.7 Å². The molecule has 0 aromatic heterocycles. The second-order valence-corrected chi connectivity index (χ2v) is 6.32. The summed E-state index contributed by atoms with van der Waals surface area (Å²) in [6.45, 7) is 0. The highest BCUT2D eigenvalue weighted by Crippen LogP contribution is 2.22. The van der Waals surface area contributed by atoms with Crippen LogP contribution in [0.1, 0.15) is 0 Å². The van der Waals surface area contributed by atoms with Crippen LogP contribution in [0.5, 0.6) is 0 Å². The molecule has 20 heavy (non-hydrogen) atoms. The minimum Gasteiger partial charge on any atom is -0.323 e. The summed E-state index contributed by atoms with van der Waals surface area (Å²) in [5.74, 6) is -0.580. The van der Waals surface area contributed by atoms with Crippen molar-refractivity contribution in [2.24, 2.45) is 0 Å². The Labute approximate surface area is 133 Å². The van der Waals surface area contributed by atoms with Crippen LogP contribution in [-0.2, 0) is 4.79 Å². The molecule has 6 heteroatoms. The van der Waals surface area contributed by atoms with Crippen molar-refractivity contribution in [3.63, 3.8) is 0 Å². The molecule has 1 N–H and O–H groups in total. The molecule has 104 valence electrons. The van der Waals surface area contributed by atoms with Gasteiger partial charge in [0.25, 0.3) is 0 Å². The summed E-state index contributed by atoms with van der Waals surface area (Å²) >= 11 is 10.5. The molecule has 2 rings (SSSR count). The number of nitrogens with one attached hydrogen (secondary N) is 1. The first-order chi connectivity index (χ1) is 9.54. The topological polar surface area (TPSA) is 29.1 Å². The van der Waals surface area contributed by atoms with Crippen LogP contribution in [0.15, 0.2) is 51.8 Å². The first-order valence-corrected chi connectivity index (χ1v) is 7.83. The third-order valence-electron chi connectivity index (χ3n) is 2.39. The highest BCUT2D eigenvalue weighted by molar-refractivity contribution is 9.10. The minimum absolute atomic E-state index is 0.0962.